The second-order valence-electron chi connectivity index (χ2n) is 12.9. The van der Waals surface area contributed by atoms with Crippen molar-refractivity contribution in [2.75, 3.05) is 11.5 Å². The molecule has 53 heavy (non-hydrogen) atoms. The third-order valence-corrected chi connectivity index (χ3v) is 13.7. The molecule has 0 bridgehead atoms. The number of hydrogen-bond donors (Lipinski definition) is 0. The molecule has 8 rings (SSSR count). The quantitative estimate of drug-likeness (QED) is 0.104. The van der Waals surface area contributed by atoms with Crippen molar-refractivity contribution in [1.82, 2.24) is 59.5 Å². The van der Waals surface area contributed by atoms with Crippen molar-refractivity contribution in [2.45, 2.75) is 47.7 Å². The SMILES string of the molecule is Cc1c(Cn2cnc3ccccc32)cccc1C(CSCC(Sc1nnnn1C)c1cccc(Cn2cnc3ccccc32)c1C)Sc1nnnn1C. The number of benzene rings is 4. The van der Waals surface area contributed by atoms with Crippen LogP contribution >= 0.6 is 35.3 Å². The van der Waals surface area contributed by atoms with E-state index in [1.165, 1.54) is 33.4 Å². The minimum atomic E-state index is 0.105. The average molecular weight is 759 g/mol. The molecule has 0 amide bonds. The Hall–Kier alpha value is -4.99. The van der Waals surface area contributed by atoms with Gasteiger partial charge in [0.25, 0.3) is 0 Å². The Morgan fingerprint density at radius 3 is 1.45 bits per heavy atom. The maximum absolute atomic E-state index is 4.63. The summed E-state index contributed by atoms with van der Waals surface area (Å²) in [6.07, 6.45) is 3.87. The summed E-state index contributed by atoms with van der Waals surface area (Å²) < 4.78 is 7.94. The van der Waals surface area contributed by atoms with E-state index < -0.39 is 0 Å². The van der Waals surface area contributed by atoms with Gasteiger partial charge in [0, 0.05) is 49.2 Å². The standard InChI is InChI=1S/C38H38N12S3/c1-25-27(19-49-23-39-31-15-5-7-17-33(31)49)11-9-13-29(25)35(52-37-41-43-45-47(37)3)21-51-22-36(53-38-42-44-46-48(38)4)30-14-10-12-28(26(30)2)20-50-24-40-32-16-6-8-18-34(32)50/h5-18,23-24,35-36H,19-22H2,1-4H3. The molecule has 2 unspecified atom stereocenters. The lowest BCUT2D eigenvalue weighted by atomic mass is 10.00. The normalized spacial score (nSPS) is 12.9. The van der Waals surface area contributed by atoms with Crippen LogP contribution in [0.1, 0.15) is 43.9 Å². The van der Waals surface area contributed by atoms with E-state index in [-0.39, 0.29) is 10.5 Å². The van der Waals surface area contributed by atoms with E-state index in [2.05, 4.69) is 137 Å². The molecule has 4 aromatic heterocycles. The number of fused-ring (bicyclic) bond motifs is 2. The van der Waals surface area contributed by atoms with Gasteiger partial charge in [-0.3, -0.25) is 0 Å². The fourth-order valence-electron chi connectivity index (χ4n) is 6.64. The van der Waals surface area contributed by atoms with Crippen LogP contribution < -0.4 is 0 Å². The van der Waals surface area contributed by atoms with Crippen LogP contribution in [0.3, 0.4) is 0 Å². The number of nitrogens with zero attached hydrogens (tertiary/aromatic N) is 12. The number of imidazole rings is 2. The number of hydrogen-bond acceptors (Lipinski definition) is 11. The van der Waals surface area contributed by atoms with Crippen molar-refractivity contribution in [1.29, 1.82) is 0 Å². The summed E-state index contributed by atoms with van der Waals surface area (Å²) in [4.78, 5) is 9.26. The Bertz CT molecular complexity index is 2330. The maximum atomic E-state index is 4.63. The molecule has 8 aromatic rings. The lowest BCUT2D eigenvalue weighted by molar-refractivity contribution is 0.663. The molecule has 0 spiro atoms. The second kappa shape index (κ2) is 15.5. The first-order valence-corrected chi connectivity index (χ1v) is 20.2. The van der Waals surface area contributed by atoms with E-state index in [0.29, 0.717) is 0 Å². The zero-order valence-electron chi connectivity index (χ0n) is 29.8. The Kier molecular flexibility index (Phi) is 10.3. The number of para-hydroxylation sites is 4. The minimum Gasteiger partial charge on any atom is -0.326 e. The van der Waals surface area contributed by atoms with E-state index in [0.717, 1.165) is 57.0 Å². The molecule has 0 fully saturated rings. The van der Waals surface area contributed by atoms with Crippen molar-refractivity contribution in [3.63, 3.8) is 0 Å². The van der Waals surface area contributed by atoms with Gasteiger partial charge in [-0.15, -0.1) is 10.2 Å². The Morgan fingerprint density at radius 2 is 1.02 bits per heavy atom. The fourth-order valence-corrected chi connectivity index (χ4v) is 10.5. The third-order valence-electron chi connectivity index (χ3n) is 9.60. The highest BCUT2D eigenvalue weighted by molar-refractivity contribution is 8.04. The average Bonchev–Trinajstić information content (AvgIpc) is 3.98. The van der Waals surface area contributed by atoms with Crippen molar-refractivity contribution in [2.24, 2.45) is 14.1 Å². The topological polar surface area (TPSA) is 123 Å². The minimum absolute atomic E-state index is 0.105. The Balaban J connectivity index is 1.07. The molecule has 4 aromatic carbocycles. The van der Waals surface area contributed by atoms with Crippen molar-refractivity contribution in [3.8, 4) is 0 Å². The van der Waals surface area contributed by atoms with E-state index in [1.807, 2.05) is 50.6 Å². The summed E-state index contributed by atoms with van der Waals surface area (Å²) in [6.45, 7) is 5.94. The van der Waals surface area contributed by atoms with E-state index >= 15 is 0 Å². The molecule has 0 radical (unpaired) electrons. The van der Waals surface area contributed by atoms with Crippen molar-refractivity contribution in [3.05, 3.63) is 131 Å². The largest absolute Gasteiger partial charge is 0.326 e. The van der Waals surface area contributed by atoms with Crippen LogP contribution in [0.25, 0.3) is 22.1 Å². The predicted molar refractivity (Wildman–Crippen MR) is 212 cm³/mol. The van der Waals surface area contributed by atoms with E-state index in [9.17, 15) is 0 Å². The number of aromatic nitrogens is 12. The summed E-state index contributed by atoms with van der Waals surface area (Å²) in [5.41, 5.74) is 11.9. The van der Waals surface area contributed by atoms with Crippen LogP contribution in [-0.2, 0) is 27.2 Å². The first-order valence-electron chi connectivity index (χ1n) is 17.2. The number of aryl methyl sites for hydroxylation is 2. The molecule has 4 heterocycles. The number of thioether (sulfide) groups is 3. The third kappa shape index (κ3) is 7.46. The van der Waals surface area contributed by atoms with Gasteiger partial charge in [-0.2, -0.15) is 11.8 Å². The van der Waals surface area contributed by atoms with Gasteiger partial charge < -0.3 is 9.13 Å². The summed E-state index contributed by atoms with van der Waals surface area (Å²) in [5, 5.41) is 26.6. The van der Waals surface area contributed by atoms with Crippen LogP contribution in [0.5, 0.6) is 0 Å². The Labute approximate surface area is 319 Å². The van der Waals surface area contributed by atoms with Gasteiger partial charge in [-0.25, -0.2) is 19.3 Å². The van der Waals surface area contributed by atoms with Crippen LogP contribution in [-0.4, -0.2) is 71.0 Å². The molecule has 0 saturated heterocycles. The first kappa shape index (κ1) is 35.1. The summed E-state index contributed by atoms with van der Waals surface area (Å²) >= 11 is 5.34. The van der Waals surface area contributed by atoms with Gasteiger partial charge >= 0.3 is 0 Å². The van der Waals surface area contributed by atoms with Crippen molar-refractivity contribution >= 4 is 57.4 Å². The number of tetrazole rings is 2. The van der Waals surface area contributed by atoms with Gasteiger partial charge in [0.15, 0.2) is 0 Å². The molecular formula is C38H38N12S3. The smallest absolute Gasteiger partial charge is 0.209 e. The fraction of sp³-hybridized carbons (Fsp3) is 0.263. The lowest BCUT2D eigenvalue weighted by Crippen LogP contribution is -2.10. The highest BCUT2D eigenvalue weighted by Gasteiger charge is 2.24. The molecule has 2 atom stereocenters. The Morgan fingerprint density at radius 1 is 0.566 bits per heavy atom. The van der Waals surface area contributed by atoms with Gasteiger partial charge in [0.05, 0.1) is 34.7 Å². The second-order valence-corrected chi connectivity index (χ2v) is 16.3. The molecule has 15 heteroatoms. The highest BCUT2D eigenvalue weighted by atomic mass is 32.2. The summed E-state index contributed by atoms with van der Waals surface area (Å²) in [7, 11) is 3.79. The van der Waals surface area contributed by atoms with Crippen LogP contribution in [0, 0.1) is 13.8 Å². The molecule has 0 N–H and O–H groups in total. The van der Waals surface area contributed by atoms with E-state index in [1.54, 1.807) is 32.9 Å². The zero-order valence-corrected chi connectivity index (χ0v) is 32.3. The molecule has 0 aliphatic carbocycles. The molecule has 0 aliphatic rings. The van der Waals surface area contributed by atoms with Crippen LogP contribution in [0.15, 0.2) is 108 Å². The highest BCUT2D eigenvalue weighted by Crippen LogP contribution is 2.43. The summed E-state index contributed by atoms with van der Waals surface area (Å²) in [5.74, 6) is 1.70. The molecular weight excluding hydrogens is 721 g/mol. The van der Waals surface area contributed by atoms with Crippen molar-refractivity contribution < 1.29 is 0 Å². The summed E-state index contributed by atoms with van der Waals surface area (Å²) in [6, 6.07) is 29.8. The van der Waals surface area contributed by atoms with E-state index in [4.69, 9.17) is 0 Å². The molecule has 12 nitrogen and oxygen atoms in total. The molecule has 0 saturated carbocycles. The van der Waals surface area contributed by atoms with Crippen LogP contribution in [0.4, 0.5) is 0 Å². The molecule has 268 valence electrons. The molecule has 0 aliphatic heterocycles. The van der Waals surface area contributed by atoms with Gasteiger partial charge in [-0.05, 0) is 92.3 Å². The maximum Gasteiger partial charge on any atom is 0.209 e. The van der Waals surface area contributed by atoms with Gasteiger partial charge in [-0.1, -0.05) is 84.2 Å². The monoisotopic (exact) mass is 758 g/mol. The first-order chi connectivity index (χ1) is 25.9. The lowest BCUT2D eigenvalue weighted by Gasteiger charge is -2.23. The van der Waals surface area contributed by atoms with Crippen LogP contribution in [0.2, 0.25) is 0 Å². The predicted octanol–water partition coefficient (Wildman–Crippen LogP) is 7.25. The van der Waals surface area contributed by atoms with Gasteiger partial charge in [0.1, 0.15) is 0 Å². The van der Waals surface area contributed by atoms with Gasteiger partial charge in [0.2, 0.25) is 10.3 Å². The number of rotatable bonds is 14. The zero-order chi connectivity index (χ0) is 36.3.